The summed E-state index contributed by atoms with van der Waals surface area (Å²) in [5.74, 6) is 1.30. The van der Waals surface area contributed by atoms with Gasteiger partial charge in [0.15, 0.2) is 0 Å². The van der Waals surface area contributed by atoms with E-state index in [1.54, 1.807) is 7.11 Å². The van der Waals surface area contributed by atoms with Crippen LogP contribution in [-0.2, 0) is 0 Å². The lowest BCUT2D eigenvalue weighted by molar-refractivity contribution is 0.413. The highest BCUT2D eigenvalue weighted by atomic mass is 79.9. The zero-order valence-corrected chi connectivity index (χ0v) is 14.4. The second kappa shape index (κ2) is 7.62. The van der Waals surface area contributed by atoms with Gasteiger partial charge in [-0.2, -0.15) is 0 Å². The molecule has 0 amide bonds. The van der Waals surface area contributed by atoms with Crippen molar-refractivity contribution in [1.29, 1.82) is 0 Å². The zero-order valence-electron chi connectivity index (χ0n) is 12.8. The van der Waals surface area contributed by atoms with Crippen molar-refractivity contribution >= 4 is 15.9 Å². The quantitative estimate of drug-likeness (QED) is 0.801. The second-order valence-corrected chi connectivity index (χ2v) is 5.93. The van der Waals surface area contributed by atoms with Gasteiger partial charge in [0.05, 0.1) is 7.11 Å². The van der Waals surface area contributed by atoms with Gasteiger partial charge in [0.1, 0.15) is 5.75 Å². The van der Waals surface area contributed by atoms with E-state index in [4.69, 9.17) is 4.74 Å². The first kappa shape index (κ1) is 16.1. The zero-order chi connectivity index (χ0) is 15.2. The molecule has 2 aromatic carbocycles. The largest absolute Gasteiger partial charge is 0.497 e. The lowest BCUT2D eigenvalue weighted by atomic mass is 9.85. The van der Waals surface area contributed by atoms with Gasteiger partial charge < -0.3 is 10.1 Å². The molecule has 0 saturated carbocycles. The summed E-state index contributed by atoms with van der Waals surface area (Å²) in [6.07, 6.45) is 1.08. The Labute approximate surface area is 135 Å². The number of ether oxygens (including phenoxy) is 1. The van der Waals surface area contributed by atoms with Crippen molar-refractivity contribution in [3.63, 3.8) is 0 Å². The molecule has 2 nitrogen and oxygen atoms in total. The van der Waals surface area contributed by atoms with Crippen molar-refractivity contribution in [2.24, 2.45) is 0 Å². The molecule has 21 heavy (non-hydrogen) atoms. The summed E-state index contributed by atoms with van der Waals surface area (Å²) in [6.45, 7) is 2.24. The number of hydrogen-bond acceptors (Lipinski definition) is 2. The van der Waals surface area contributed by atoms with Gasteiger partial charge in [0, 0.05) is 16.4 Å². The van der Waals surface area contributed by atoms with Crippen LogP contribution in [0.5, 0.6) is 5.75 Å². The summed E-state index contributed by atoms with van der Waals surface area (Å²) in [5.41, 5.74) is 2.62. The van der Waals surface area contributed by atoms with Gasteiger partial charge in [-0.15, -0.1) is 0 Å². The molecule has 0 bridgehead atoms. The Kier molecular flexibility index (Phi) is 5.83. The fraction of sp³-hybridized carbons (Fsp3) is 0.333. The molecule has 0 fully saturated rings. The molecule has 0 aromatic heterocycles. The number of halogens is 1. The maximum absolute atomic E-state index is 5.28. The average molecular weight is 348 g/mol. The van der Waals surface area contributed by atoms with Crippen LogP contribution in [-0.4, -0.2) is 14.2 Å². The molecule has 0 aliphatic heterocycles. The average Bonchev–Trinajstić information content (AvgIpc) is 2.53. The van der Waals surface area contributed by atoms with E-state index in [-0.39, 0.29) is 6.04 Å². The summed E-state index contributed by atoms with van der Waals surface area (Å²) in [7, 11) is 3.71. The van der Waals surface area contributed by atoms with Crippen LogP contribution in [0.3, 0.4) is 0 Å². The van der Waals surface area contributed by atoms with Crippen molar-refractivity contribution < 1.29 is 4.74 Å². The molecule has 0 heterocycles. The van der Waals surface area contributed by atoms with Crippen molar-refractivity contribution in [3.05, 3.63) is 64.1 Å². The molecule has 1 N–H and O–H groups in total. The number of nitrogens with one attached hydrogen (secondary N) is 1. The molecule has 2 atom stereocenters. The predicted molar refractivity (Wildman–Crippen MR) is 92.0 cm³/mol. The minimum Gasteiger partial charge on any atom is -0.497 e. The molecule has 2 aromatic rings. The first-order valence-corrected chi connectivity index (χ1v) is 8.06. The van der Waals surface area contributed by atoms with Crippen LogP contribution in [0, 0.1) is 0 Å². The van der Waals surface area contributed by atoms with E-state index < -0.39 is 0 Å². The van der Waals surface area contributed by atoms with E-state index >= 15 is 0 Å². The summed E-state index contributed by atoms with van der Waals surface area (Å²) in [5, 5.41) is 3.48. The fourth-order valence-electron chi connectivity index (χ4n) is 2.82. The Hall–Kier alpha value is -1.32. The summed E-state index contributed by atoms with van der Waals surface area (Å²) < 4.78 is 6.36. The van der Waals surface area contributed by atoms with Crippen molar-refractivity contribution in [3.8, 4) is 5.75 Å². The monoisotopic (exact) mass is 347 g/mol. The Morgan fingerprint density at radius 3 is 2.38 bits per heavy atom. The van der Waals surface area contributed by atoms with Crippen LogP contribution in [0.15, 0.2) is 53.0 Å². The summed E-state index contributed by atoms with van der Waals surface area (Å²) >= 11 is 3.68. The highest BCUT2D eigenvalue weighted by Crippen LogP contribution is 2.37. The van der Waals surface area contributed by atoms with E-state index in [0.29, 0.717) is 5.92 Å². The lowest BCUT2D eigenvalue weighted by Crippen LogP contribution is -2.24. The lowest BCUT2D eigenvalue weighted by Gasteiger charge is -2.28. The molecule has 2 unspecified atom stereocenters. The minimum absolute atomic E-state index is 0.262. The smallest absolute Gasteiger partial charge is 0.120 e. The molecule has 0 radical (unpaired) electrons. The van der Waals surface area contributed by atoms with E-state index in [9.17, 15) is 0 Å². The molecular formula is C18H22BrNO. The minimum atomic E-state index is 0.262. The molecule has 0 saturated heterocycles. The summed E-state index contributed by atoms with van der Waals surface area (Å²) in [4.78, 5) is 0. The fourth-order valence-corrected chi connectivity index (χ4v) is 3.43. The first-order chi connectivity index (χ1) is 10.2. The van der Waals surface area contributed by atoms with Crippen molar-refractivity contribution in [1.82, 2.24) is 5.32 Å². The number of benzene rings is 2. The molecule has 0 spiro atoms. The Morgan fingerprint density at radius 2 is 1.86 bits per heavy atom. The molecule has 3 heteroatoms. The van der Waals surface area contributed by atoms with E-state index in [2.05, 4.69) is 64.6 Å². The van der Waals surface area contributed by atoms with Gasteiger partial charge in [-0.05, 0) is 36.7 Å². The maximum atomic E-state index is 5.28. The second-order valence-electron chi connectivity index (χ2n) is 5.08. The third-order valence-corrected chi connectivity index (χ3v) is 4.61. The van der Waals surface area contributed by atoms with Gasteiger partial charge in [-0.1, -0.05) is 59.3 Å². The Bertz CT molecular complexity index is 571. The predicted octanol–water partition coefficient (Wildman–Crippen LogP) is 4.91. The molecule has 112 valence electrons. The number of likely N-dealkylation sites (N-methyl/N-ethyl adjacent to an activating group) is 1. The number of hydrogen-bond donors (Lipinski definition) is 1. The van der Waals surface area contributed by atoms with Crippen LogP contribution >= 0.6 is 15.9 Å². The van der Waals surface area contributed by atoms with Crippen LogP contribution in [0.4, 0.5) is 0 Å². The van der Waals surface area contributed by atoms with E-state index in [1.165, 1.54) is 11.1 Å². The molecule has 0 aliphatic carbocycles. The van der Waals surface area contributed by atoms with Gasteiger partial charge in [-0.25, -0.2) is 0 Å². The van der Waals surface area contributed by atoms with Crippen LogP contribution < -0.4 is 10.1 Å². The molecule has 0 aliphatic rings. The highest BCUT2D eigenvalue weighted by molar-refractivity contribution is 9.10. The standard InChI is InChI=1S/C18H22BrNO/c1-4-15(13-8-6-5-7-9-13)18(20-2)16-11-10-14(21-3)12-17(16)19/h5-12,15,18,20H,4H2,1-3H3. The molecular weight excluding hydrogens is 326 g/mol. The number of methoxy groups -OCH3 is 1. The SMILES string of the molecule is CCC(c1ccccc1)C(NC)c1ccc(OC)cc1Br. The van der Waals surface area contributed by atoms with Gasteiger partial charge in [0.25, 0.3) is 0 Å². The van der Waals surface area contributed by atoms with Crippen LogP contribution in [0.2, 0.25) is 0 Å². The van der Waals surface area contributed by atoms with Crippen LogP contribution in [0.1, 0.15) is 36.4 Å². The Morgan fingerprint density at radius 1 is 1.14 bits per heavy atom. The van der Waals surface area contributed by atoms with Crippen LogP contribution in [0.25, 0.3) is 0 Å². The van der Waals surface area contributed by atoms with Crippen molar-refractivity contribution in [2.45, 2.75) is 25.3 Å². The van der Waals surface area contributed by atoms with Gasteiger partial charge in [0.2, 0.25) is 0 Å². The highest BCUT2D eigenvalue weighted by Gasteiger charge is 2.23. The molecule has 2 rings (SSSR count). The number of rotatable bonds is 6. The first-order valence-electron chi connectivity index (χ1n) is 7.26. The third-order valence-electron chi connectivity index (χ3n) is 3.92. The maximum Gasteiger partial charge on any atom is 0.120 e. The van der Waals surface area contributed by atoms with Crippen molar-refractivity contribution in [2.75, 3.05) is 14.2 Å². The third kappa shape index (κ3) is 3.66. The normalized spacial score (nSPS) is 13.7. The Balaban J connectivity index is 2.38. The van der Waals surface area contributed by atoms with E-state index in [0.717, 1.165) is 16.6 Å². The van der Waals surface area contributed by atoms with E-state index in [1.807, 2.05) is 19.2 Å². The summed E-state index contributed by atoms with van der Waals surface area (Å²) in [6, 6.07) is 17.1. The van der Waals surface area contributed by atoms with Gasteiger partial charge in [-0.3, -0.25) is 0 Å². The van der Waals surface area contributed by atoms with Gasteiger partial charge >= 0.3 is 0 Å². The topological polar surface area (TPSA) is 21.3 Å².